The Labute approximate surface area is 119 Å². The van der Waals surface area contributed by atoms with Gasteiger partial charge in [0.25, 0.3) is 0 Å². The summed E-state index contributed by atoms with van der Waals surface area (Å²) >= 11 is 0. The number of nitrogens with one attached hydrogen (secondary N) is 2. The Morgan fingerprint density at radius 1 is 1.14 bits per heavy atom. The number of hydrogen-bond acceptors (Lipinski definition) is 3. The Hall–Kier alpha value is -2.00. The van der Waals surface area contributed by atoms with Gasteiger partial charge >= 0.3 is 18.2 Å². The van der Waals surface area contributed by atoms with Crippen molar-refractivity contribution in [3.63, 3.8) is 0 Å². The third-order valence-electron chi connectivity index (χ3n) is 2.18. The highest BCUT2D eigenvalue weighted by Gasteiger charge is 2.33. The molecule has 0 aliphatic carbocycles. The van der Waals surface area contributed by atoms with E-state index in [-0.39, 0.29) is 23.8 Å². The number of halogens is 3. The molecule has 3 amide bonds. The zero-order valence-corrected chi connectivity index (χ0v) is 11.5. The van der Waals surface area contributed by atoms with Crippen LogP contribution in [0, 0.1) is 0 Å². The molecule has 0 saturated heterocycles. The normalized spacial score (nSPS) is 10.9. The molecule has 0 spiro atoms. The summed E-state index contributed by atoms with van der Waals surface area (Å²) in [5.41, 5.74) is 0. The van der Waals surface area contributed by atoms with Crippen LogP contribution in [0.5, 0.6) is 0 Å². The molecule has 0 aliphatic heterocycles. The van der Waals surface area contributed by atoms with E-state index in [1.54, 1.807) is 0 Å². The van der Waals surface area contributed by atoms with Gasteiger partial charge in [0.05, 0.1) is 0 Å². The van der Waals surface area contributed by atoms with Crippen LogP contribution in [0.25, 0.3) is 0 Å². The molecule has 21 heavy (non-hydrogen) atoms. The quantitative estimate of drug-likeness (QED) is 0.610. The highest BCUT2D eigenvalue weighted by atomic mass is 19.4. The number of carboxylic acids is 1. The van der Waals surface area contributed by atoms with E-state index in [1.165, 1.54) is 0 Å². The molecular weight excluding hydrogens is 295 g/mol. The first kappa shape index (κ1) is 19.0. The summed E-state index contributed by atoms with van der Waals surface area (Å²) in [6.07, 6.45) is -4.07. The van der Waals surface area contributed by atoms with Gasteiger partial charge in [-0.3, -0.25) is 9.59 Å². The van der Waals surface area contributed by atoms with Crippen LogP contribution in [-0.2, 0) is 9.59 Å². The third kappa shape index (κ3) is 10.4. The van der Waals surface area contributed by atoms with Gasteiger partial charge in [0, 0.05) is 19.5 Å². The van der Waals surface area contributed by atoms with Gasteiger partial charge in [0.15, 0.2) is 0 Å². The average Bonchev–Trinajstić information content (AvgIpc) is 2.33. The fourth-order valence-corrected chi connectivity index (χ4v) is 1.33. The summed E-state index contributed by atoms with van der Waals surface area (Å²) < 4.78 is 36.7. The lowest BCUT2D eigenvalue weighted by molar-refractivity contribution is -0.149. The maximum Gasteiger partial charge on any atom is 0.406 e. The number of urea groups is 1. The van der Waals surface area contributed by atoms with E-state index in [4.69, 9.17) is 5.11 Å². The molecule has 0 saturated carbocycles. The van der Waals surface area contributed by atoms with Crippen molar-refractivity contribution in [3.05, 3.63) is 0 Å². The Morgan fingerprint density at radius 2 is 1.76 bits per heavy atom. The second-order valence-corrected chi connectivity index (χ2v) is 4.20. The predicted octanol–water partition coefficient (Wildman–Crippen LogP) is 0.561. The Kier molecular flexibility index (Phi) is 8.17. The second kappa shape index (κ2) is 9.03. The Bertz CT molecular complexity index is 374. The van der Waals surface area contributed by atoms with Gasteiger partial charge in [0.2, 0.25) is 5.91 Å². The smallest absolute Gasteiger partial charge is 0.406 e. The number of carbonyl (C=O) groups is 3. The summed E-state index contributed by atoms with van der Waals surface area (Å²) in [5.74, 6) is -1.91. The number of aliphatic carboxylic acids is 1. The molecular formula is C11H18F3N3O4. The van der Waals surface area contributed by atoms with Gasteiger partial charge in [-0.25, -0.2) is 4.79 Å². The fourth-order valence-electron chi connectivity index (χ4n) is 1.33. The van der Waals surface area contributed by atoms with E-state index in [0.29, 0.717) is 6.54 Å². The summed E-state index contributed by atoms with van der Waals surface area (Å²) in [5, 5.41) is 13.1. The van der Waals surface area contributed by atoms with Crippen LogP contribution in [0.2, 0.25) is 0 Å². The van der Waals surface area contributed by atoms with Gasteiger partial charge in [-0.05, 0) is 6.42 Å². The van der Waals surface area contributed by atoms with Crippen molar-refractivity contribution < 1.29 is 32.7 Å². The van der Waals surface area contributed by atoms with Crippen molar-refractivity contribution in [1.29, 1.82) is 0 Å². The number of rotatable bonds is 8. The molecule has 0 atom stereocenters. The van der Waals surface area contributed by atoms with E-state index >= 15 is 0 Å². The zero-order valence-electron chi connectivity index (χ0n) is 11.5. The van der Waals surface area contributed by atoms with Crippen LogP contribution in [0.4, 0.5) is 18.0 Å². The number of nitrogens with zero attached hydrogens (tertiary/aromatic N) is 1. The first-order valence-corrected chi connectivity index (χ1v) is 6.23. The molecule has 0 rings (SSSR count). The van der Waals surface area contributed by atoms with E-state index in [1.807, 2.05) is 6.92 Å². The van der Waals surface area contributed by atoms with Crippen LogP contribution in [0.3, 0.4) is 0 Å². The molecule has 0 aromatic heterocycles. The van der Waals surface area contributed by atoms with Crippen molar-refractivity contribution in [3.8, 4) is 0 Å². The average molecular weight is 313 g/mol. The molecule has 122 valence electrons. The largest absolute Gasteiger partial charge is 0.480 e. The highest BCUT2D eigenvalue weighted by molar-refractivity contribution is 5.81. The number of carbonyl (C=O) groups excluding carboxylic acids is 2. The molecule has 0 fully saturated rings. The minimum Gasteiger partial charge on any atom is -0.480 e. The van der Waals surface area contributed by atoms with Gasteiger partial charge in [0.1, 0.15) is 13.1 Å². The maximum absolute atomic E-state index is 12.2. The van der Waals surface area contributed by atoms with Crippen LogP contribution < -0.4 is 10.6 Å². The molecule has 3 N–H and O–H groups in total. The number of carboxylic acid groups (broad SMARTS) is 1. The third-order valence-corrected chi connectivity index (χ3v) is 2.18. The molecule has 0 aliphatic rings. The van der Waals surface area contributed by atoms with Crippen molar-refractivity contribution in [2.45, 2.75) is 25.9 Å². The van der Waals surface area contributed by atoms with Crippen molar-refractivity contribution in [2.24, 2.45) is 0 Å². The first-order valence-electron chi connectivity index (χ1n) is 6.23. The summed E-state index contributed by atoms with van der Waals surface area (Å²) in [6.45, 7) is -0.613. The maximum atomic E-state index is 12.2. The SMILES string of the molecule is CCCNC(=O)CCNC(=O)N(CC(=O)O)CC(F)(F)F. The van der Waals surface area contributed by atoms with Gasteiger partial charge in [-0.1, -0.05) is 6.92 Å². The van der Waals surface area contributed by atoms with Crippen LogP contribution in [-0.4, -0.2) is 60.3 Å². The molecule has 0 heterocycles. The number of hydrogen-bond donors (Lipinski definition) is 3. The fraction of sp³-hybridized carbons (Fsp3) is 0.727. The second-order valence-electron chi connectivity index (χ2n) is 4.20. The zero-order chi connectivity index (χ0) is 16.5. The standard InChI is InChI=1S/C11H18F3N3O4/c1-2-4-15-8(18)3-5-16-10(21)17(6-9(19)20)7-11(12,13)14/h2-7H2,1H3,(H,15,18)(H,16,21)(H,19,20). The topological polar surface area (TPSA) is 98.7 Å². The van der Waals surface area contributed by atoms with Crippen LogP contribution in [0.15, 0.2) is 0 Å². The lowest BCUT2D eigenvalue weighted by Crippen LogP contribution is -2.47. The van der Waals surface area contributed by atoms with E-state index in [2.05, 4.69) is 10.6 Å². The summed E-state index contributed by atoms with van der Waals surface area (Å²) in [6, 6.07) is -1.18. The predicted molar refractivity (Wildman–Crippen MR) is 66.6 cm³/mol. The lowest BCUT2D eigenvalue weighted by Gasteiger charge is -2.22. The highest BCUT2D eigenvalue weighted by Crippen LogP contribution is 2.16. The van der Waals surface area contributed by atoms with Crippen molar-refractivity contribution >= 4 is 17.9 Å². The van der Waals surface area contributed by atoms with Gasteiger partial charge in [-0.15, -0.1) is 0 Å². The molecule has 0 radical (unpaired) electrons. The van der Waals surface area contributed by atoms with Crippen molar-refractivity contribution in [2.75, 3.05) is 26.2 Å². The minimum absolute atomic E-state index is 0.0985. The summed E-state index contributed by atoms with van der Waals surface area (Å²) in [4.78, 5) is 33.2. The molecule has 10 heteroatoms. The number of amides is 3. The molecule has 0 unspecified atom stereocenters. The van der Waals surface area contributed by atoms with E-state index in [0.717, 1.165) is 6.42 Å². The molecule has 0 aromatic rings. The van der Waals surface area contributed by atoms with E-state index in [9.17, 15) is 27.6 Å². The first-order chi connectivity index (χ1) is 9.65. The molecule has 0 aromatic carbocycles. The van der Waals surface area contributed by atoms with Gasteiger partial charge < -0.3 is 20.6 Å². The molecule has 7 nitrogen and oxygen atoms in total. The van der Waals surface area contributed by atoms with Crippen molar-refractivity contribution in [1.82, 2.24) is 15.5 Å². The van der Waals surface area contributed by atoms with Crippen LogP contribution >= 0.6 is 0 Å². The van der Waals surface area contributed by atoms with Gasteiger partial charge in [-0.2, -0.15) is 13.2 Å². The number of alkyl halides is 3. The van der Waals surface area contributed by atoms with E-state index < -0.39 is 31.3 Å². The lowest BCUT2D eigenvalue weighted by atomic mass is 10.3. The monoisotopic (exact) mass is 313 g/mol. The Balaban J connectivity index is 4.28. The van der Waals surface area contributed by atoms with Crippen LogP contribution in [0.1, 0.15) is 19.8 Å². The minimum atomic E-state index is -4.70. The molecule has 0 bridgehead atoms. The summed E-state index contributed by atoms with van der Waals surface area (Å²) in [7, 11) is 0. The Morgan fingerprint density at radius 3 is 2.24 bits per heavy atom.